The summed E-state index contributed by atoms with van der Waals surface area (Å²) < 4.78 is 22.8. The van der Waals surface area contributed by atoms with E-state index < -0.39 is 9.84 Å². The van der Waals surface area contributed by atoms with Crippen LogP contribution in [0, 0.1) is 0 Å². The molecular weight excluding hydrogens is 226 g/mol. The zero-order chi connectivity index (χ0) is 11.3. The Bertz CT molecular complexity index is 438. The molecule has 5 heteroatoms. The Hall–Kier alpha value is -0.680. The highest BCUT2D eigenvalue weighted by molar-refractivity contribution is 7.94. The minimum Gasteiger partial charge on any atom is -0.300 e. The third kappa shape index (κ3) is 1.62. The summed E-state index contributed by atoms with van der Waals surface area (Å²) in [5.41, 5.74) is 0. The molecule has 3 rings (SSSR count). The Morgan fingerprint density at radius 3 is 2.31 bits per heavy atom. The largest absolute Gasteiger partial charge is 0.300 e. The van der Waals surface area contributed by atoms with Crippen molar-refractivity contribution in [1.29, 1.82) is 0 Å². The molecule has 4 nitrogen and oxygen atoms in total. The van der Waals surface area contributed by atoms with Crippen molar-refractivity contribution in [3.05, 3.63) is 11.5 Å². The monoisotopic (exact) mass is 241 g/mol. The number of rotatable bonds is 1. The van der Waals surface area contributed by atoms with Gasteiger partial charge in [0.15, 0.2) is 9.84 Å². The normalized spacial score (nSPS) is 41.8. The Balaban J connectivity index is 1.83. The van der Waals surface area contributed by atoms with Gasteiger partial charge in [-0.05, 0) is 12.8 Å². The third-order valence-electron chi connectivity index (χ3n) is 3.90. The van der Waals surface area contributed by atoms with Crippen LogP contribution in [0.15, 0.2) is 11.5 Å². The van der Waals surface area contributed by atoms with Crippen molar-refractivity contribution in [3.8, 4) is 0 Å². The van der Waals surface area contributed by atoms with Gasteiger partial charge in [-0.2, -0.15) is 0 Å². The van der Waals surface area contributed by atoms with E-state index in [1.807, 2.05) is 0 Å². The van der Waals surface area contributed by atoms with E-state index in [4.69, 9.17) is 0 Å². The number of piperidine rings is 1. The van der Waals surface area contributed by atoms with E-state index in [0.717, 1.165) is 12.8 Å². The van der Waals surface area contributed by atoms with Gasteiger partial charge in [0, 0.05) is 36.4 Å². The number of Topliss-reactive ketones (excluding diaryl/α,β-unsaturated/α-hetero) is 1. The van der Waals surface area contributed by atoms with Crippen molar-refractivity contribution in [2.75, 3.05) is 5.75 Å². The number of ketones is 1. The number of sulfone groups is 1. The van der Waals surface area contributed by atoms with Crippen LogP contribution in [0.25, 0.3) is 0 Å². The van der Waals surface area contributed by atoms with Gasteiger partial charge in [0.05, 0.1) is 5.75 Å². The van der Waals surface area contributed by atoms with Gasteiger partial charge in [-0.15, -0.1) is 0 Å². The van der Waals surface area contributed by atoms with Crippen LogP contribution in [0.3, 0.4) is 0 Å². The van der Waals surface area contributed by atoms with Crippen LogP contribution in [-0.4, -0.2) is 43.0 Å². The molecule has 16 heavy (non-hydrogen) atoms. The molecule has 88 valence electrons. The maximum atomic E-state index is 11.4. The van der Waals surface area contributed by atoms with Crippen LogP contribution in [0.1, 0.15) is 25.7 Å². The first kappa shape index (κ1) is 10.5. The number of nitrogens with zero attached hydrogens (tertiary/aromatic N) is 1. The predicted molar refractivity (Wildman–Crippen MR) is 59.6 cm³/mol. The van der Waals surface area contributed by atoms with Gasteiger partial charge in [-0.1, -0.05) is 6.08 Å². The molecule has 0 aliphatic carbocycles. The van der Waals surface area contributed by atoms with Crippen molar-refractivity contribution in [3.63, 3.8) is 0 Å². The summed E-state index contributed by atoms with van der Waals surface area (Å²) in [4.78, 5) is 13.7. The van der Waals surface area contributed by atoms with Crippen LogP contribution in [0.5, 0.6) is 0 Å². The van der Waals surface area contributed by atoms with E-state index in [9.17, 15) is 13.2 Å². The Morgan fingerprint density at radius 1 is 1.19 bits per heavy atom. The molecule has 0 aromatic heterocycles. The molecule has 3 aliphatic rings. The fourth-order valence-electron chi connectivity index (χ4n) is 3.29. The smallest absolute Gasteiger partial charge is 0.173 e. The Labute approximate surface area is 95.2 Å². The van der Waals surface area contributed by atoms with E-state index in [-0.39, 0.29) is 23.9 Å². The molecule has 3 aliphatic heterocycles. The third-order valence-corrected chi connectivity index (χ3v) is 5.27. The van der Waals surface area contributed by atoms with Crippen molar-refractivity contribution >= 4 is 15.6 Å². The van der Waals surface area contributed by atoms with E-state index in [2.05, 4.69) is 4.90 Å². The first-order valence-corrected chi connectivity index (χ1v) is 7.47. The average Bonchev–Trinajstić information content (AvgIpc) is 2.65. The lowest BCUT2D eigenvalue weighted by Crippen LogP contribution is -2.49. The SMILES string of the molecule is O=C1CC2CCC(C1)N2C1C=CS(=O)(=O)C1. The van der Waals surface area contributed by atoms with E-state index in [1.165, 1.54) is 5.41 Å². The van der Waals surface area contributed by atoms with Gasteiger partial charge in [0.1, 0.15) is 5.78 Å². The van der Waals surface area contributed by atoms with Crippen LogP contribution in [0.4, 0.5) is 0 Å². The summed E-state index contributed by atoms with van der Waals surface area (Å²) in [6.45, 7) is 0. The molecule has 2 bridgehead atoms. The molecule has 0 aromatic rings. The molecule has 3 atom stereocenters. The summed E-state index contributed by atoms with van der Waals surface area (Å²) >= 11 is 0. The summed E-state index contributed by atoms with van der Waals surface area (Å²) in [6.07, 6.45) is 5.10. The molecule has 2 fully saturated rings. The highest BCUT2D eigenvalue weighted by Crippen LogP contribution is 2.37. The van der Waals surface area contributed by atoms with Crippen LogP contribution in [0.2, 0.25) is 0 Å². The van der Waals surface area contributed by atoms with Gasteiger partial charge in [0.2, 0.25) is 0 Å². The average molecular weight is 241 g/mol. The molecule has 3 unspecified atom stereocenters. The van der Waals surface area contributed by atoms with Gasteiger partial charge in [0.25, 0.3) is 0 Å². The van der Waals surface area contributed by atoms with E-state index in [0.29, 0.717) is 18.6 Å². The number of carbonyl (C=O) groups excluding carboxylic acids is 1. The standard InChI is InChI=1S/C11H15NO3S/c13-11-5-8-1-2-9(6-11)12(8)10-3-4-16(14,15)7-10/h3-4,8-10H,1-2,5-7H2. The lowest BCUT2D eigenvalue weighted by molar-refractivity contribution is -0.123. The van der Waals surface area contributed by atoms with Crippen molar-refractivity contribution in [2.24, 2.45) is 0 Å². The molecule has 0 amide bonds. The lowest BCUT2D eigenvalue weighted by atomic mass is 9.99. The number of hydrogen-bond acceptors (Lipinski definition) is 4. The molecule has 0 spiro atoms. The fraction of sp³-hybridized carbons (Fsp3) is 0.727. The molecule has 2 saturated heterocycles. The number of fused-ring (bicyclic) bond motifs is 2. The molecular formula is C11H15NO3S. The van der Waals surface area contributed by atoms with Crippen molar-refractivity contribution in [2.45, 2.75) is 43.8 Å². The second-order valence-corrected chi connectivity index (χ2v) is 6.94. The molecule has 0 N–H and O–H groups in total. The van der Waals surface area contributed by atoms with E-state index >= 15 is 0 Å². The van der Waals surface area contributed by atoms with Gasteiger partial charge in [-0.25, -0.2) is 8.42 Å². The first-order valence-electron chi connectivity index (χ1n) is 5.75. The molecule has 0 radical (unpaired) electrons. The summed E-state index contributed by atoms with van der Waals surface area (Å²) in [5, 5.41) is 1.33. The Kier molecular flexibility index (Phi) is 2.23. The van der Waals surface area contributed by atoms with Crippen LogP contribution < -0.4 is 0 Å². The lowest BCUT2D eigenvalue weighted by Gasteiger charge is -2.37. The van der Waals surface area contributed by atoms with Gasteiger partial charge >= 0.3 is 0 Å². The first-order chi connectivity index (χ1) is 7.55. The highest BCUT2D eigenvalue weighted by Gasteiger charge is 2.44. The minimum absolute atomic E-state index is 0.00981. The summed E-state index contributed by atoms with van der Waals surface area (Å²) in [5.74, 6) is 0.544. The maximum absolute atomic E-state index is 11.4. The molecule has 0 saturated carbocycles. The van der Waals surface area contributed by atoms with Crippen molar-refractivity contribution < 1.29 is 13.2 Å². The topological polar surface area (TPSA) is 54.5 Å². The maximum Gasteiger partial charge on any atom is 0.173 e. The second-order valence-electron chi connectivity index (χ2n) is 5.00. The minimum atomic E-state index is -2.98. The van der Waals surface area contributed by atoms with Crippen LogP contribution in [-0.2, 0) is 14.6 Å². The van der Waals surface area contributed by atoms with Crippen LogP contribution >= 0.6 is 0 Å². The van der Waals surface area contributed by atoms with E-state index in [1.54, 1.807) is 6.08 Å². The summed E-state index contributed by atoms with van der Waals surface area (Å²) in [7, 11) is -2.98. The quantitative estimate of drug-likeness (QED) is 0.670. The zero-order valence-corrected chi connectivity index (χ0v) is 9.82. The van der Waals surface area contributed by atoms with Gasteiger partial charge < -0.3 is 0 Å². The molecule has 3 heterocycles. The molecule has 0 aromatic carbocycles. The Morgan fingerprint density at radius 2 is 1.81 bits per heavy atom. The predicted octanol–water partition coefficient (Wildman–Crippen LogP) is 0.493. The zero-order valence-electron chi connectivity index (χ0n) is 9.00. The summed E-state index contributed by atoms with van der Waals surface area (Å²) in [6, 6.07) is 0.582. The highest BCUT2D eigenvalue weighted by atomic mass is 32.2. The number of carbonyl (C=O) groups is 1. The second kappa shape index (κ2) is 3.40. The van der Waals surface area contributed by atoms with Gasteiger partial charge in [-0.3, -0.25) is 9.69 Å². The fourth-order valence-corrected chi connectivity index (χ4v) is 4.58. The van der Waals surface area contributed by atoms with Crippen molar-refractivity contribution in [1.82, 2.24) is 4.90 Å². The number of hydrogen-bond donors (Lipinski definition) is 0.